The molecule has 0 atom stereocenters. The maximum atomic E-state index is 5.25. The van der Waals surface area contributed by atoms with E-state index in [1.807, 2.05) is 18.3 Å². The third kappa shape index (κ3) is 2.47. The quantitative estimate of drug-likeness (QED) is 0.827. The van der Waals surface area contributed by atoms with Crippen LogP contribution in [0.5, 0.6) is 0 Å². The van der Waals surface area contributed by atoms with E-state index in [9.17, 15) is 0 Å². The van der Waals surface area contributed by atoms with Gasteiger partial charge >= 0.3 is 0 Å². The number of H-pyrrole nitrogens is 1. The molecule has 4 heteroatoms. The Balaban J connectivity index is 2.04. The smallest absolute Gasteiger partial charge is 0.173 e. The molecule has 0 fully saturated rings. The van der Waals surface area contributed by atoms with Gasteiger partial charge in [0.1, 0.15) is 0 Å². The molecule has 0 aliphatic heterocycles. The van der Waals surface area contributed by atoms with Gasteiger partial charge in [-0.15, -0.1) is 0 Å². The number of imidazole rings is 1. The molecule has 4 nitrogen and oxygen atoms in total. The van der Waals surface area contributed by atoms with E-state index in [1.165, 1.54) is 0 Å². The maximum absolute atomic E-state index is 5.25. The Morgan fingerprint density at radius 3 is 3.00 bits per heavy atom. The molecule has 0 saturated heterocycles. The molecule has 0 aliphatic carbocycles. The van der Waals surface area contributed by atoms with E-state index in [-0.39, 0.29) is 0 Å². The average molecular weight is 205 g/mol. The molecule has 1 N–H and O–H groups in total. The van der Waals surface area contributed by atoms with Crippen molar-refractivity contribution in [2.45, 2.75) is 6.42 Å². The minimum Gasteiger partial charge on any atom is -0.461 e. The summed E-state index contributed by atoms with van der Waals surface area (Å²) in [5.74, 6) is 1.58. The van der Waals surface area contributed by atoms with Crippen molar-refractivity contribution in [1.82, 2.24) is 14.9 Å². The Hall–Kier alpha value is -1.55. The van der Waals surface area contributed by atoms with Gasteiger partial charge in [0.2, 0.25) is 0 Å². The molecule has 15 heavy (non-hydrogen) atoms. The molecule has 0 aromatic carbocycles. The number of nitrogens with zero attached hydrogens (tertiary/aromatic N) is 2. The first-order valence-electron chi connectivity index (χ1n) is 4.98. The number of likely N-dealkylation sites (N-methyl/N-ethyl adjacent to an activating group) is 1. The average Bonchev–Trinajstić information content (AvgIpc) is 2.85. The fourth-order valence-corrected chi connectivity index (χ4v) is 1.37. The fraction of sp³-hybridized carbons (Fsp3) is 0.364. The Morgan fingerprint density at radius 1 is 1.47 bits per heavy atom. The predicted molar refractivity (Wildman–Crippen MR) is 58.5 cm³/mol. The zero-order chi connectivity index (χ0) is 10.7. The number of hydrogen-bond acceptors (Lipinski definition) is 3. The van der Waals surface area contributed by atoms with Crippen LogP contribution in [0.2, 0.25) is 0 Å². The van der Waals surface area contributed by atoms with Crippen LogP contribution in [-0.4, -0.2) is 35.5 Å². The molecular weight excluding hydrogens is 190 g/mol. The molecule has 2 aromatic heterocycles. The van der Waals surface area contributed by atoms with Crippen LogP contribution in [0.4, 0.5) is 0 Å². The van der Waals surface area contributed by atoms with E-state index in [4.69, 9.17) is 4.42 Å². The first-order valence-corrected chi connectivity index (χ1v) is 4.98. The number of aromatic nitrogens is 2. The molecule has 2 aromatic rings. The van der Waals surface area contributed by atoms with Gasteiger partial charge in [0.15, 0.2) is 11.6 Å². The Morgan fingerprint density at radius 2 is 2.33 bits per heavy atom. The molecule has 0 amide bonds. The van der Waals surface area contributed by atoms with Gasteiger partial charge in [-0.1, -0.05) is 0 Å². The summed E-state index contributed by atoms with van der Waals surface area (Å²) in [6.07, 6.45) is 4.49. The second kappa shape index (κ2) is 4.31. The lowest BCUT2D eigenvalue weighted by Crippen LogP contribution is -2.15. The first-order chi connectivity index (χ1) is 7.25. The summed E-state index contributed by atoms with van der Waals surface area (Å²) in [7, 11) is 4.12. The molecule has 0 aliphatic rings. The van der Waals surface area contributed by atoms with Crippen molar-refractivity contribution in [1.29, 1.82) is 0 Å². The van der Waals surface area contributed by atoms with Gasteiger partial charge in [0.25, 0.3) is 0 Å². The van der Waals surface area contributed by atoms with E-state index in [1.54, 1.807) is 6.26 Å². The lowest BCUT2D eigenvalue weighted by molar-refractivity contribution is 0.412. The van der Waals surface area contributed by atoms with Crippen molar-refractivity contribution in [3.05, 3.63) is 30.3 Å². The van der Waals surface area contributed by atoms with E-state index < -0.39 is 0 Å². The number of nitrogens with one attached hydrogen (secondary N) is 1. The Kier molecular flexibility index (Phi) is 2.87. The van der Waals surface area contributed by atoms with E-state index in [0.717, 1.165) is 30.2 Å². The highest BCUT2D eigenvalue weighted by Gasteiger charge is 2.05. The molecule has 80 valence electrons. The maximum Gasteiger partial charge on any atom is 0.173 e. The molecular formula is C11H15N3O. The highest BCUT2D eigenvalue weighted by Crippen LogP contribution is 2.15. The van der Waals surface area contributed by atoms with E-state index in [0.29, 0.717) is 0 Å². The van der Waals surface area contributed by atoms with Crippen molar-refractivity contribution in [3.63, 3.8) is 0 Å². The first kappa shape index (κ1) is 9.98. The number of rotatable bonds is 4. The van der Waals surface area contributed by atoms with Crippen molar-refractivity contribution < 1.29 is 4.42 Å². The summed E-state index contributed by atoms with van der Waals surface area (Å²) in [5.41, 5.74) is 1.13. The predicted octanol–water partition coefficient (Wildman–Crippen LogP) is 1.77. The van der Waals surface area contributed by atoms with E-state index in [2.05, 4.69) is 29.0 Å². The zero-order valence-corrected chi connectivity index (χ0v) is 9.03. The summed E-state index contributed by atoms with van der Waals surface area (Å²) < 4.78 is 5.25. The van der Waals surface area contributed by atoms with E-state index >= 15 is 0 Å². The van der Waals surface area contributed by atoms with Gasteiger partial charge in [0.05, 0.1) is 6.26 Å². The van der Waals surface area contributed by atoms with Crippen LogP contribution < -0.4 is 0 Å². The van der Waals surface area contributed by atoms with Crippen LogP contribution in [0.25, 0.3) is 11.6 Å². The monoisotopic (exact) mass is 205 g/mol. The fourth-order valence-electron chi connectivity index (χ4n) is 1.37. The van der Waals surface area contributed by atoms with Crippen molar-refractivity contribution in [2.75, 3.05) is 20.6 Å². The van der Waals surface area contributed by atoms with Crippen molar-refractivity contribution in [2.24, 2.45) is 0 Å². The van der Waals surface area contributed by atoms with Gasteiger partial charge in [-0.05, 0) is 26.2 Å². The van der Waals surface area contributed by atoms with Crippen LogP contribution in [0.3, 0.4) is 0 Å². The number of aromatic amines is 1. The number of hydrogen-bond donors (Lipinski definition) is 1. The summed E-state index contributed by atoms with van der Waals surface area (Å²) in [6.45, 7) is 1.01. The van der Waals surface area contributed by atoms with Gasteiger partial charge in [-0.2, -0.15) is 0 Å². The van der Waals surface area contributed by atoms with Gasteiger partial charge in [0, 0.05) is 24.9 Å². The highest BCUT2D eigenvalue weighted by molar-refractivity contribution is 5.46. The van der Waals surface area contributed by atoms with Crippen LogP contribution in [0, 0.1) is 0 Å². The lowest BCUT2D eigenvalue weighted by Gasteiger charge is -2.06. The Labute approximate surface area is 88.9 Å². The normalized spacial score (nSPS) is 11.1. The highest BCUT2D eigenvalue weighted by atomic mass is 16.3. The van der Waals surface area contributed by atoms with Crippen molar-refractivity contribution in [3.8, 4) is 11.6 Å². The van der Waals surface area contributed by atoms with Crippen LogP contribution >= 0.6 is 0 Å². The Bertz CT molecular complexity index is 403. The molecule has 2 rings (SSSR count). The molecule has 0 saturated carbocycles. The minimum atomic E-state index is 0.783. The topological polar surface area (TPSA) is 45.1 Å². The van der Waals surface area contributed by atoms with Crippen LogP contribution in [0.1, 0.15) is 5.69 Å². The standard InChI is InChI=1S/C11H15N3O/c1-14(2)6-5-9-8-12-11(13-9)10-4-3-7-15-10/h3-4,7-8H,5-6H2,1-2H3,(H,12,13). The molecule has 0 unspecified atom stereocenters. The summed E-state index contributed by atoms with van der Waals surface area (Å²) in [6, 6.07) is 3.76. The zero-order valence-electron chi connectivity index (χ0n) is 9.03. The number of furan rings is 1. The lowest BCUT2D eigenvalue weighted by atomic mass is 10.3. The second-order valence-electron chi connectivity index (χ2n) is 3.79. The molecule has 0 spiro atoms. The van der Waals surface area contributed by atoms with Crippen LogP contribution in [0.15, 0.2) is 29.0 Å². The third-order valence-corrected chi connectivity index (χ3v) is 2.21. The van der Waals surface area contributed by atoms with Gasteiger partial charge < -0.3 is 14.3 Å². The second-order valence-corrected chi connectivity index (χ2v) is 3.79. The molecule has 0 radical (unpaired) electrons. The molecule has 2 heterocycles. The van der Waals surface area contributed by atoms with Crippen molar-refractivity contribution >= 4 is 0 Å². The van der Waals surface area contributed by atoms with Crippen LogP contribution in [-0.2, 0) is 6.42 Å². The summed E-state index contributed by atoms with van der Waals surface area (Å²) >= 11 is 0. The molecule has 0 bridgehead atoms. The summed E-state index contributed by atoms with van der Waals surface area (Å²) in [4.78, 5) is 9.65. The SMILES string of the molecule is CN(C)CCc1cnc(-c2ccco2)[nH]1. The summed E-state index contributed by atoms with van der Waals surface area (Å²) in [5, 5.41) is 0. The van der Waals surface area contributed by atoms with Gasteiger partial charge in [-0.3, -0.25) is 0 Å². The minimum absolute atomic E-state index is 0.783. The van der Waals surface area contributed by atoms with Gasteiger partial charge in [-0.25, -0.2) is 4.98 Å². The third-order valence-electron chi connectivity index (χ3n) is 2.21. The largest absolute Gasteiger partial charge is 0.461 e.